The van der Waals surface area contributed by atoms with E-state index in [0.29, 0.717) is 35.2 Å². The minimum absolute atomic E-state index is 0.242. The Kier molecular flexibility index (Phi) is 4.71. The van der Waals surface area contributed by atoms with Gasteiger partial charge in [-0.25, -0.2) is 24.0 Å². The first-order valence-corrected chi connectivity index (χ1v) is 10.0. The van der Waals surface area contributed by atoms with E-state index >= 15 is 0 Å². The van der Waals surface area contributed by atoms with E-state index < -0.39 is 5.60 Å². The third kappa shape index (κ3) is 3.44. The van der Waals surface area contributed by atoms with E-state index in [0.717, 1.165) is 23.8 Å². The first kappa shape index (κ1) is 19.3. The lowest BCUT2D eigenvalue weighted by Gasteiger charge is -2.17. The van der Waals surface area contributed by atoms with Crippen LogP contribution in [-0.4, -0.2) is 31.3 Å². The molecule has 1 fully saturated rings. The number of fused-ring (bicyclic) bond motifs is 1. The van der Waals surface area contributed by atoms with Crippen LogP contribution in [0.2, 0.25) is 0 Å². The molecule has 1 aromatic carbocycles. The molecular formula is C23H21FN6O. The van der Waals surface area contributed by atoms with E-state index in [1.165, 1.54) is 6.07 Å². The van der Waals surface area contributed by atoms with Gasteiger partial charge >= 0.3 is 0 Å². The number of nitrogens with two attached hydrogens (primary N) is 1. The summed E-state index contributed by atoms with van der Waals surface area (Å²) in [6.45, 7) is 4.39. The largest absolute Gasteiger partial charge is 0.383 e. The van der Waals surface area contributed by atoms with Gasteiger partial charge in [0.25, 0.3) is 0 Å². The van der Waals surface area contributed by atoms with Crippen LogP contribution in [-0.2, 0) is 16.9 Å². The van der Waals surface area contributed by atoms with Gasteiger partial charge in [-0.05, 0) is 31.0 Å². The molecule has 0 unspecified atom stereocenters. The van der Waals surface area contributed by atoms with Gasteiger partial charge in [0, 0.05) is 23.5 Å². The minimum atomic E-state index is -0.426. The standard InChI is InChI=1S/C23H21FN6O/c1-2-12-31-23(9-10-23)17-13-27-21(28-20(17)25)19-16-7-5-11-26-22(16)30(29-19)14-15-6-3-4-8-18(15)24/h2-8,11,13H,1,9-10,12,14H2,(H2,25,27,28). The van der Waals surface area contributed by atoms with Crippen molar-refractivity contribution in [3.8, 4) is 11.5 Å². The molecule has 3 heterocycles. The Morgan fingerprint density at radius 3 is 2.77 bits per heavy atom. The normalized spacial score (nSPS) is 14.6. The lowest BCUT2D eigenvalue weighted by atomic mass is 10.1. The Labute approximate surface area is 178 Å². The quantitative estimate of drug-likeness (QED) is 0.460. The number of pyridine rings is 1. The zero-order chi connectivity index (χ0) is 21.4. The number of aromatic nitrogens is 5. The average molecular weight is 416 g/mol. The summed E-state index contributed by atoms with van der Waals surface area (Å²) < 4.78 is 21.8. The SMILES string of the molecule is C=CCOC1(c2cnc(-c3nn(Cc4ccccc4F)c4ncccc34)nc2N)CC1. The zero-order valence-corrected chi connectivity index (χ0v) is 16.8. The predicted molar refractivity (Wildman–Crippen MR) is 116 cm³/mol. The van der Waals surface area contributed by atoms with Gasteiger partial charge in [-0.15, -0.1) is 6.58 Å². The van der Waals surface area contributed by atoms with Crippen LogP contribution in [0.5, 0.6) is 0 Å². The Bertz CT molecular complexity index is 1280. The first-order valence-electron chi connectivity index (χ1n) is 10.0. The molecule has 0 bridgehead atoms. The molecule has 0 atom stereocenters. The van der Waals surface area contributed by atoms with Crippen molar-refractivity contribution >= 4 is 16.9 Å². The third-order valence-corrected chi connectivity index (χ3v) is 5.49. The molecule has 3 aromatic heterocycles. The van der Waals surface area contributed by atoms with Crippen molar-refractivity contribution < 1.29 is 9.13 Å². The minimum Gasteiger partial charge on any atom is -0.383 e. The van der Waals surface area contributed by atoms with Gasteiger partial charge in [-0.1, -0.05) is 24.3 Å². The van der Waals surface area contributed by atoms with E-state index in [2.05, 4.69) is 26.6 Å². The molecule has 31 heavy (non-hydrogen) atoms. The molecule has 1 aliphatic carbocycles. The van der Waals surface area contributed by atoms with Crippen molar-refractivity contribution in [2.24, 2.45) is 0 Å². The van der Waals surface area contributed by atoms with Gasteiger partial charge < -0.3 is 10.5 Å². The Hall–Kier alpha value is -3.65. The predicted octanol–water partition coefficient (Wildman–Crippen LogP) is 3.85. The number of anilines is 1. The van der Waals surface area contributed by atoms with Crippen molar-refractivity contribution in [1.29, 1.82) is 0 Å². The lowest BCUT2D eigenvalue weighted by Crippen LogP contribution is -2.16. The molecule has 8 heteroatoms. The van der Waals surface area contributed by atoms with Gasteiger partial charge in [-0.3, -0.25) is 0 Å². The Morgan fingerprint density at radius 1 is 1.19 bits per heavy atom. The maximum atomic E-state index is 14.2. The number of nitrogens with zero attached hydrogens (tertiary/aromatic N) is 5. The van der Waals surface area contributed by atoms with Crippen LogP contribution in [0, 0.1) is 5.82 Å². The summed E-state index contributed by atoms with van der Waals surface area (Å²) >= 11 is 0. The molecule has 7 nitrogen and oxygen atoms in total. The van der Waals surface area contributed by atoms with Crippen LogP contribution in [0.3, 0.4) is 0 Å². The number of hydrogen-bond donors (Lipinski definition) is 1. The summed E-state index contributed by atoms with van der Waals surface area (Å²) in [5.74, 6) is 0.473. The first-order chi connectivity index (χ1) is 15.1. The van der Waals surface area contributed by atoms with Crippen LogP contribution in [0.1, 0.15) is 24.0 Å². The number of benzene rings is 1. The summed E-state index contributed by atoms with van der Waals surface area (Å²) in [5, 5.41) is 5.43. The number of halogens is 1. The highest BCUT2D eigenvalue weighted by Gasteiger charge is 2.47. The highest BCUT2D eigenvalue weighted by atomic mass is 19.1. The second kappa shape index (κ2) is 7.55. The number of nitrogen functional groups attached to an aromatic ring is 1. The van der Waals surface area contributed by atoms with Crippen LogP contribution < -0.4 is 5.73 Å². The van der Waals surface area contributed by atoms with Crippen LogP contribution in [0.4, 0.5) is 10.2 Å². The molecule has 0 amide bonds. The van der Waals surface area contributed by atoms with E-state index in [9.17, 15) is 4.39 Å². The lowest BCUT2D eigenvalue weighted by molar-refractivity contribution is 0.0509. The van der Waals surface area contributed by atoms with Crippen LogP contribution in [0.15, 0.2) is 61.4 Å². The molecule has 0 aliphatic heterocycles. The second-order valence-corrected chi connectivity index (χ2v) is 7.56. The molecule has 2 N–H and O–H groups in total. The van der Waals surface area contributed by atoms with Crippen molar-refractivity contribution in [3.63, 3.8) is 0 Å². The Balaban J connectivity index is 1.54. The smallest absolute Gasteiger partial charge is 0.182 e. The highest BCUT2D eigenvalue weighted by molar-refractivity contribution is 5.89. The Morgan fingerprint density at radius 2 is 2.03 bits per heavy atom. The third-order valence-electron chi connectivity index (χ3n) is 5.49. The fourth-order valence-electron chi connectivity index (χ4n) is 3.76. The zero-order valence-electron chi connectivity index (χ0n) is 16.8. The summed E-state index contributed by atoms with van der Waals surface area (Å²) in [6.07, 6.45) is 6.85. The van der Waals surface area contributed by atoms with E-state index in [1.807, 2.05) is 12.1 Å². The van der Waals surface area contributed by atoms with Crippen molar-refractivity contribution in [2.45, 2.75) is 25.0 Å². The van der Waals surface area contributed by atoms with E-state index in [-0.39, 0.29) is 12.4 Å². The summed E-state index contributed by atoms with van der Waals surface area (Å²) in [4.78, 5) is 13.5. The second-order valence-electron chi connectivity index (χ2n) is 7.56. The van der Waals surface area contributed by atoms with Gasteiger partial charge in [0.1, 0.15) is 17.3 Å². The van der Waals surface area contributed by atoms with E-state index in [1.54, 1.807) is 41.4 Å². The molecule has 1 saturated carbocycles. The van der Waals surface area contributed by atoms with Gasteiger partial charge in [-0.2, -0.15) is 5.10 Å². The van der Waals surface area contributed by atoms with Crippen molar-refractivity contribution in [1.82, 2.24) is 24.7 Å². The summed E-state index contributed by atoms with van der Waals surface area (Å²) in [5.41, 5.74) is 8.35. The number of ether oxygens (including phenoxy) is 1. The number of hydrogen-bond acceptors (Lipinski definition) is 6. The molecular weight excluding hydrogens is 395 g/mol. The van der Waals surface area contributed by atoms with Gasteiger partial charge in [0.15, 0.2) is 11.5 Å². The topological polar surface area (TPSA) is 91.7 Å². The molecule has 4 aromatic rings. The monoisotopic (exact) mass is 416 g/mol. The van der Waals surface area contributed by atoms with Crippen molar-refractivity contribution in [2.75, 3.05) is 12.3 Å². The molecule has 5 rings (SSSR count). The maximum Gasteiger partial charge on any atom is 0.182 e. The molecule has 1 aliphatic rings. The maximum absolute atomic E-state index is 14.2. The van der Waals surface area contributed by atoms with Crippen LogP contribution in [0.25, 0.3) is 22.6 Å². The van der Waals surface area contributed by atoms with Gasteiger partial charge in [0.2, 0.25) is 0 Å². The van der Waals surface area contributed by atoms with Gasteiger partial charge in [0.05, 0.1) is 24.1 Å². The van der Waals surface area contributed by atoms with Crippen LogP contribution >= 0.6 is 0 Å². The molecule has 156 valence electrons. The average Bonchev–Trinajstić information content (AvgIpc) is 3.48. The number of rotatable bonds is 7. The fourth-order valence-corrected chi connectivity index (χ4v) is 3.76. The molecule has 0 spiro atoms. The summed E-state index contributed by atoms with van der Waals surface area (Å²) in [6, 6.07) is 10.3. The molecule has 0 radical (unpaired) electrons. The summed E-state index contributed by atoms with van der Waals surface area (Å²) in [7, 11) is 0. The highest BCUT2D eigenvalue weighted by Crippen LogP contribution is 2.50. The van der Waals surface area contributed by atoms with Crippen molar-refractivity contribution in [3.05, 3.63) is 78.4 Å². The van der Waals surface area contributed by atoms with E-state index in [4.69, 9.17) is 10.5 Å². The fraction of sp³-hybridized carbons (Fsp3) is 0.217. The molecule has 0 saturated heterocycles.